The average molecular weight is 237 g/mol. The van der Waals surface area contributed by atoms with E-state index in [1.54, 1.807) is 0 Å². The molecule has 1 saturated heterocycles. The highest BCUT2D eigenvalue weighted by Crippen LogP contribution is 2.26. The molecule has 1 heterocycles. The molecule has 4 nitrogen and oxygen atoms in total. The molecule has 16 heavy (non-hydrogen) atoms. The standard InChI is InChI=1S/C11H11NO3S/c1-14-10(13)8-9(15-11(16)12-8)7-5-3-2-4-6-7/h2-6,8-9H,1H3,(H,12,16)/t8-,9+/m1/s1. The second-order valence-electron chi connectivity index (χ2n) is 3.38. The van der Waals surface area contributed by atoms with Gasteiger partial charge in [0.05, 0.1) is 7.11 Å². The molecule has 2 rings (SSSR count). The van der Waals surface area contributed by atoms with E-state index in [1.807, 2.05) is 30.3 Å². The lowest BCUT2D eigenvalue weighted by Gasteiger charge is -2.15. The Morgan fingerprint density at radius 2 is 2.12 bits per heavy atom. The molecule has 0 unspecified atom stereocenters. The number of carbonyl (C=O) groups is 1. The lowest BCUT2D eigenvalue weighted by atomic mass is 10.0. The van der Waals surface area contributed by atoms with Gasteiger partial charge in [-0.25, -0.2) is 4.79 Å². The monoisotopic (exact) mass is 237 g/mol. The van der Waals surface area contributed by atoms with Crippen LogP contribution in [0.1, 0.15) is 11.7 Å². The van der Waals surface area contributed by atoms with Gasteiger partial charge in [-0.3, -0.25) is 0 Å². The van der Waals surface area contributed by atoms with Gasteiger partial charge < -0.3 is 14.8 Å². The van der Waals surface area contributed by atoms with E-state index in [1.165, 1.54) is 7.11 Å². The molecule has 0 spiro atoms. The van der Waals surface area contributed by atoms with Gasteiger partial charge >= 0.3 is 5.97 Å². The average Bonchev–Trinajstić information content (AvgIpc) is 2.71. The van der Waals surface area contributed by atoms with Crippen LogP contribution in [0.15, 0.2) is 30.3 Å². The second-order valence-corrected chi connectivity index (χ2v) is 3.75. The Hall–Kier alpha value is -1.62. The Kier molecular flexibility index (Phi) is 3.05. The minimum atomic E-state index is -0.570. The van der Waals surface area contributed by atoms with Gasteiger partial charge in [-0.2, -0.15) is 0 Å². The Balaban J connectivity index is 2.26. The fourth-order valence-electron chi connectivity index (χ4n) is 1.63. The summed E-state index contributed by atoms with van der Waals surface area (Å²) >= 11 is 4.90. The van der Waals surface area contributed by atoms with Gasteiger partial charge in [-0.15, -0.1) is 0 Å². The van der Waals surface area contributed by atoms with E-state index in [4.69, 9.17) is 21.7 Å². The summed E-state index contributed by atoms with van der Waals surface area (Å²) in [5, 5.41) is 3.01. The smallest absolute Gasteiger partial charge is 0.332 e. The van der Waals surface area contributed by atoms with Gasteiger partial charge in [0.15, 0.2) is 12.1 Å². The van der Waals surface area contributed by atoms with Crippen molar-refractivity contribution in [2.45, 2.75) is 12.1 Å². The summed E-state index contributed by atoms with van der Waals surface area (Å²) in [5.41, 5.74) is 0.894. The maximum Gasteiger partial charge on any atom is 0.332 e. The van der Waals surface area contributed by atoms with Crippen LogP contribution in [0.4, 0.5) is 0 Å². The lowest BCUT2D eigenvalue weighted by molar-refractivity contribution is -0.144. The molecule has 0 saturated carbocycles. The van der Waals surface area contributed by atoms with Crippen LogP contribution in [0.25, 0.3) is 0 Å². The third kappa shape index (κ3) is 1.99. The molecule has 0 aromatic heterocycles. The lowest BCUT2D eigenvalue weighted by Crippen LogP contribution is -2.36. The third-order valence-electron chi connectivity index (χ3n) is 2.39. The van der Waals surface area contributed by atoms with Crippen molar-refractivity contribution in [1.82, 2.24) is 5.32 Å². The minimum absolute atomic E-state index is 0.226. The van der Waals surface area contributed by atoms with Gasteiger partial charge in [-0.05, 0) is 17.8 Å². The Bertz CT molecular complexity index is 407. The van der Waals surface area contributed by atoms with E-state index >= 15 is 0 Å². The molecule has 0 radical (unpaired) electrons. The van der Waals surface area contributed by atoms with Gasteiger partial charge in [0, 0.05) is 0 Å². The topological polar surface area (TPSA) is 47.6 Å². The maximum atomic E-state index is 11.5. The molecule has 1 fully saturated rings. The summed E-state index contributed by atoms with van der Waals surface area (Å²) in [6.45, 7) is 0. The van der Waals surface area contributed by atoms with Crippen molar-refractivity contribution in [3.63, 3.8) is 0 Å². The Morgan fingerprint density at radius 1 is 1.44 bits per heavy atom. The highest BCUT2D eigenvalue weighted by Gasteiger charge is 2.39. The summed E-state index contributed by atoms with van der Waals surface area (Å²) in [4.78, 5) is 11.5. The third-order valence-corrected chi connectivity index (χ3v) is 2.61. The fourth-order valence-corrected chi connectivity index (χ4v) is 1.86. The zero-order valence-electron chi connectivity index (χ0n) is 8.67. The molecule has 1 aromatic rings. The predicted molar refractivity (Wildman–Crippen MR) is 61.8 cm³/mol. The van der Waals surface area contributed by atoms with Gasteiger partial charge in [0.2, 0.25) is 0 Å². The summed E-state index contributed by atoms with van der Waals surface area (Å²) in [7, 11) is 1.34. The van der Waals surface area contributed by atoms with Crippen LogP contribution in [-0.2, 0) is 14.3 Å². The number of thiocarbonyl (C=S) groups is 1. The molecule has 5 heteroatoms. The van der Waals surface area contributed by atoms with Crippen LogP contribution in [0.2, 0.25) is 0 Å². The van der Waals surface area contributed by atoms with Crippen LogP contribution in [0.3, 0.4) is 0 Å². The van der Waals surface area contributed by atoms with Crippen molar-refractivity contribution >= 4 is 23.4 Å². The molecular weight excluding hydrogens is 226 g/mol. The summed E-state index contributed by atoms with van der Waals surface area (Å²) in [5.74, 6) is -0.381. The van der Waals surface area contributed by atoms with Crippen molar-refractivity contribution in [2.24, 2.45) is 0 Å². The van der Waals surface area contributed by atoms with E-state index in [2.05, 4.69) is 5.32 Å². The van der Waals surface area contributed by atoms with E-state index in [0.29, 0.717) is 0 Å². The number of hydrogen-bond acceptors (Lipinski definition) is 4. The molecule has 1 aliphatic heterocycles. The first kappa shape index (κ1) is 10.9. The first-order valence-electron chi connectivity index (χ1n) is 4.82. The molecule has 1 aromatic carbocycles. The number of carbonyl (C=O) groups excluding carboxylic acids is 1. The summed E-state index contributed by atoms with van der Waals surface area (Å²) in [6, 6.07) is 8.87. The fraction of sp³-hybridized carbons (Fsp3) is 0.273. The summed E-state index contributed by atoms with van der Waals surface area (Å²) < 4.78 is 10.1. The number of hydrogen-bond donors (Lipinski definition) is 1. The molecule has 1 aliphatic rings. The highest BCUT2D eigenvalue weighted by molar-refractivity contribution is 7.80. The predicted octanol–water partition coefficient (Wildman–Crippen LogP) is 1.17. The second kappa shape index (κ2) is 4.49. The quantitative estimate of drug-likeness (QED) is 0.618. The number of ether oxygens (including phenoxy) is 2. The van der Waals surface area contributed by atoms with E-state index in [0.717, 1.165) is 5.56 Å². The highest BCUT2D eigenvalue weighted by atomic mass is 32.1. The van der Waals surface area contributed by atoms with Crippen molar-refractivity contribution in [3.8, 4) is 0 Å². The molecule has 2 atom stereocenters. The molecule has 84 valence electrons. The number of methoxy groups -OCH3 is 1. The molecule has 0 aliphatic carbocycles. The van der Waals surface area contributed by atoms with Gasteiger partial charge in [0.1, 0.15) is 0 Å². The van der Waals surface area contributed by atoms with Crippen LogP contribution < -0.4 is 5.32 Å². The zero-order chi connectivity index (χ0) is 11.5. The van der Waals surface area contributed by atoms with Crippen LogP contribution in [0, 0.1) is 0 Å². The number of benzene rings is 1. The van der Waals surface area contributed by atoms with Crippen molar-refractivity contribution < 1.29 is 14.3 Å². The van der Waals surface area contributed by atoms with Crippen LogP contribution in [-0.4, -0.2) is 24.3 Å². The van der Waals surface area contributed by atoms with E-state index in [-0.39, 0.29) is 11.1 Å². The minimum Gasteiger partial charge on any atom is -0.467 e. The van der Waals surface area contributed by atoms with E-state index < -0.39 is 12.1 Å². The Morgan fingerprint density at radius 3 is 2.75 bits per heavy atom. The maximum absolute atomic E-state index is 11.5. The number of nitrogens with one attached hydrogen (secondary N) is 1. The molecular formula is C11H11NO3S. The molecule has 0 bridgehead atoms. The summed E-state index contributed by atoms with van der Waals surface area (Å²) in [6.07, 6.45) is -0.416. The first-order chi connectivity index (χ1) is 7.72. The molecule has 1 N–H and O–H groups in total. The number of esters is 1. The zero-order valence-corrected chi connectivity index (χ0v) is 9.49. The van der Waals surface area contributed by atoms with Crippen LogP contribution in [0.5, 0.6) is 0 Å². The number of rotatable bonds is 2. The largest absolute Gasteiger partial charge is 0.467 e. The van der Waals surface area contributed by atoms with Crippen molar-refractivity contribution in [3.05, 3.63) is 35.9 Å². The molecule has 0 amide bonds. The normalized spacial score (nSPS) is 23.4. The van der Waals surface area contributed by atoms with Crippen LogP contribution >= 0.6 is 12.2 Å². The van der Waals surface area contributed by atoms with Crippen molar-refractivity contribution in [2.75, 3.05) is 7.11 Å². The Labute approximate surface area is 98.5 Å². The SMILES string of the molecule is COC(=O)[C@@H]1NC(=S)O[C@H]1c1ccccc1. The van der Waals surface area contributed by atoms with Gasteiger partial charge in [0.25, 0.3) is 5.17 Å². The van der Waals surface area contributed by atoms with E-state index in [9.17, 15) is 4.79 Å². The van der Waals surface area contributed by atoms with Crippen molar-refractivity contribution in [1.29, 1.82) is 0 Å². The first-order valence-corrected chi connectivity index (χ1v) is 5.23. The van der Waals surface area contributed by atoms with Gasteiger partial charge in [-0.1, -0.05) is 30.3 Å².